The number of primary amides is 1. The van der Waals surface area contributed by atoms with Crippen LogP contribution in [0, 0.1) is 0 Å². The molecule has 2 aliphatic rings. The van der Waals surface area contributed by atoms with Crippen molar-refractivity contribution in [2.75, 3.05) is 18.9 Å². The van der Waals surface area contributed by atoms with E-state index in [4.69, 9.17) is 20.9 Å². The summed E-state index contributed by atoms with van der Waals surface area (Å²) in [7, 11) is -11.0. The van der Waals surface area contributed by atoms with E-state index in [1.54, 1.807) is 0 Å². The van der Waals surface area contributed by atoms with E-state index >= 15 is 0 Å². The quantitative estimate of drug-likeness (QED) is 0.0768. The highest BCUT2D eigenvalue weighted by molar-refractivity contribution is 7.60. The zero-order chi connectivity index (χ0) is 32.0. The number of hydrogen-bond donors (Lipinski definition) is 7. The second-order valence-corrected chi connectivity index (χ2v) is 12.7. The van der Waals surface area contributed by atoms with Gasteiger partial charge < -0.3 is 55.7 Å². The summed E-state index contributed by atoms with van der Waals surface area (Å²) in [5, 5.41) is 41.6. The Morgan fingerprint density at radius 2 is 1.73 bits per heavy atom. The normalized spacial score (nSPS) is 31.6. The Morgan fingerprint density at radius 1 is 1.05 bits per heavy atom. The number of fused-ring (bicyclic) bond motifs is 1. The molecule has 0 bridgehead atoms. The van der Waals surface area contributed by atoms with E-state index in [0.29, 0.717) is 0 Å². The summed E-state index contributed by atoms with van der Waals surface area (Å²) >= 11 is 0. The van der Waals surface area contributed by atoms with Crippen LogP contribution < -0.4 is 20.9 Å². The van der Waals surface area contributed by atoms with Crippen LogP contribution in [-0.2, 0) is 32.0 Å². The van der Waals surface area contributed by atoms with E-state index in [1.165, 1.54) is 40.0 Å². The average molecular weight is 663 g/mol. The van der Waals surface area contributed by atoms with Gasteiger partial charge in [-0.25, -0.2) is 23.8 Å². The number of nitrogen functional groups attached to an aromatic ring is 1. The Hall–Kier alpha value is -3.01. The summed E-state index contributed by atoms with van der Waals surface area (Å²) in [6, 6.07) is 2.82. The Balaban J connectivity index is 1.16. The van der Waals surface area contributed by atoms with Gasteiger partial charge in [-0.2, -0.15) is 4.57 Å². The van der Waals surface area contributed by atoms with E-state index in [1.807, 2.05) is 0 Å². The molecule has 5 rings (SSSR count). The molecule has 5 heterocycles. The Kier molecular flexibility index (Phi) is 9.13. The lowest BCUT2D eigenvalue weighted by atomic mass is 10.1. The summed E-state index contributed by atoms with van der Waals surface area (Å²) in [4.78, 5) is 45.5. The maximum atomic E-state index is 12.4. The first-order valence-corrected chi connectivity index (χ1v) is 15.5. The molecule has 0 radical (unpaired) electrons. The van der Waals surface area contributed by atoms with Gasteiger partial charge in [0.1, 0.15) is 47.9 Å². The predicted octanol–water partition coefficient (Wildman–Crippen LogP) is -3.65. The van der Waals surface area contributed by atoms with Crippen molar-refractivity contribution in [2.45, 2.75) is 49.1 Å². The van der Waals surface area contributed by atoms with Crippen molar-refractivity contribution in [1.82, 2.24) is 19.5 Å². The standard InChI is InChI=1S/C21H27N7O14P2/c22-17-12-19(25-7-24-17)28(8-26-12)21-16(32)14(30)11(41-21)6-39-44(36,37)42-43(34,35)38-5-10-13(29)15(31)20(40-10)27-3-1-2-9(4-27)18(23)33/h1-4,7-8,10-11,13-16,20-21,29-32H,5-6H2,(H5-,22,23,24,25,33,34,35,36,37)/t10-,11+,13-,14+,15-,16+,20-,21+/m0/s1. The summed E-state index contributed by atoms with van der Waals surface area (Å²) < 4.78 is 51.5. The van der Waals surface area contributed by atoms with Gasteiger partial charge in [-0.05, 0) is 6.07 Å². The molecule has 240 valence electrons. The van der Waals surface area contributed by atoms with Crippen LogP contribution in [0.5, 0.6) is 0 Å². The van der Waals surface area contributed by atoms with Gasteiger partial charge >= 0.3 is 7.82 Å². The number of rotatable bonds is 11. The number of nitrogens with two attached hydrogens (primary N) is 2. The number of imidazole rings is 1. The molecule has 2 unspecified atom stereocenters. The summed E-state index contributed by atoms with van der Waals surface area (Å²) in [5.41, 5.74) is 11.4. The number of nitrogens with zero attached hydrogens (tertiary/aromatic N) is 5. The van der Waals surface area contributed by atoms with Gasteiger partial charge in [0.25, 0.3) is 20.0 Å². The Bertz CT molecular complexity index is 1630. The fourth-order valence-corrected chi connectivity index (χ4v) is 6.62. The Labute approximate surface area is 246 Å². The lowest BCUT2D eigenvalue weighted by molar-refractivity contribution is -0.765. The van der Waals surface area contributed by atoms with Gasteiger partial charge in [-0.3, -0.25) is 18.5 Å². The molecule has 2 fully saturated rings. The number of pyridine rings is 1. The van der Waals surface area contributed by atoms with E-state index in [0.717, 1.165) is 6.33 Å². The second kappa shape index (κ2) is 12.4. The zero-order valence-electron chi connectivity index (χ0n) is 22.2. The van der Waals surface area contributed by atoms with Crippen molar-refractivity contribution in [3.63, 3.8) is 0 Å². The topological polar surface area (TPSA) is 321 Å². The molecule has 1 amide bonds. The van der Waals surface area contributed by atoms with Gasteiger partial charge in [-0.15, -0.1) is 0 Å². The summed E-state index contributed by atoms with van der Waals surface area (Å²) in [6.45, 7) is -1.89. The molecule has 0 saturated carbocycles. The van der Waals surface area contributed by atoms with E-state index < -0.39 is 83.8 Å². The molecule has 2 aliphatic heterocycles. The molecule has 2 saturated heterocycles. The third-order valence-electron chi connectivity index (χ3n) is 6.74. The number of aliphatic hydroxyl groups is 4. The van der Waals surface area contributed by atoms with Gasteiger partial charge in [0.05, 0.1) is 19.5 Å². The molecule has 3 aromatic heterocycles. The minimum Gasteiger partial charge on any atom is -0.756 e. The highest BCUT2D eigenvalue weighted by Crippen LogP contribution is 2.58. The molecule has 0 aromatic carbocycles. The van der Waals surface area contributed by atoms with Crippen molar-refractivity contribution in [1.29, 1.82) is 0 Å². The highest BCUT2D eigenvalue weighted by atomic mass is 31.3. The van der Waals surface area contributed by atoms with Crippen molar-refractivity contribution in [3.05, 3.63) is 42.7 Å². The molecular weight excluding hydrogens is 636 g/mol. The maximum absolute atomic E-state index is 12.4. The summed E-state index contributed by atoms with van der Waals surface area (Å²) in [5.74, 6) is -0.729. The average Bonchev–Trinajstić information content (AvgIpc) is 3.61. The first kappa shape index (κ1) is 32.4. The van der Waals surface area contributed by atoms with Crippen molar-refractivity contribution < 1.29 is 71.5 Å². The lowest BCUT2D eigenvalue weighted by Gasteiger charge is -2.26. The molecule has 23 heteroatoms. The lowest BCUT2D eigenvalue weighted by Crippen LogP contribution is -2.46. The van der Waals surface area contributed by atoms with Crippen LogP contribution in [0.3, 0.4) is 0 Å². The first-order valence-electron chi connectivity index (χ1n) is 12.6. The third kappa shape index (κ3) is 6.65. The van der Waals surface area contributed by atoms with E-state index in [-0.39, 0.29) is 22.5 Å². The van der Waals surface area contributed by atoms with Crippen LogP contribution in [0.2, 0.25) is 0 Å². The van der Waals surface area contributed by atoms with Gasteiger partial charge in [0, 0.05) is 6.07 Å². The minimum absolute atomic E-state index is 0.0446. The molecule has 21 nitrogen and oxygen atoms in total. The maximum Gasteiger partial charge on any atom is 0.478 e. The molecular formula is C21H27N7O14P2. The number of amides is 1. The molecule has 3 aromatic rings. The number of aliphatic hydroxyl groups excluding tert-OH is 4. The number of ether oxygens (including phenoxy) is 2. The van der Waals surface area contributed by atoms with E-state index in [2.05, 4.69) is 28.3 Å². The Morgan fingerprint density at radius 3 is 2.45 bits per heavy atom. The smallest absolute Gasteiger partial charge is 0.478 e. The number of aromatic nitrogens is 5. The third-order valence-corrected chi connectivity index (χ3v) is 9.30. The molecule has 0 spiro atoms. The van der Waals surface area contributed by atoms with Gasteiger partial charge in [0.2, 0.25) is 0 Å². The first-order chi connectivity index (χ1) is 20.7. The number of phosphoric acid groups is 2. The van der Waals surface area contributed by atoms with Crippen molar-refractivity contribution in [3.8, 4) is 0 Å². The molecule has 44 heavy (non-hydrogen) atoms. The fraction of sp³-hybridized carbons (Fsp3) is 0.476. The number of anilines is 1. The molecule has 9 N–H and O–H groups in total. The van der Waals surface area contributed by atoms with Crippen LogP contribution in [0.4, 0.5) is 5.82 Å². The van der Waals surface area contributed by atoms with Gasteiger partial charge in [0.15, 0.2) is 36.2 Å². The number of phosphoric ester groups is 2. The monoisotopic (exact) mass is 663 g/mol. The summed E-state index contributed by atoms with van der Waals surface area (Å²) in [6.07, 6.45) is -7.05. The minimum atomic E-state index is -5.62. The fourth-order valence-electron chi connectivity index (χ4n) is 4.57. The van der Waals surface area contributed by atoms with Crippen LogP contribution in [0.1, 0.15) is 22.8 Å². The van der Waals surface area contributed by atoms with Crippen LogP contribution in [0.15, 0.2) is 37.2 Å². The van der Waals surface area contributed by atoms with E-state index in [9.17, 15) is 44.1 Å². The van der Waals surface area contributed by atoms with Crippen LogP contribution >= 0.6 is 15.6 Å². The van der Waals surface area contributed by atoms with Crippen LogP contribution in [-0.4, -0.2) is 101 Å². The largest absolute Gasteiger partial charge is 0.756 e. The highest BCUT2D eigenvalue weighted by Gasteiger charge is 2.49. The second-order valence-electron chi connectivity index (χ2n) is 9.67. The number of carbonyl (C=O) groups excluding carboxylic acids is 1. The number of carbonyl (C=O) groups is 1. The zero-order valence-corrected chi connectivity index (χ0v) is 24.0. The van der Waals surface area contributed by atoms with Gasteiger partial charge in [-0.1, -0.05) is 0 Å². The van der Waals surface area contributed by atoms with Crippen LogP contribution in [0.25, 0.3) is 11.2 Å². The molecule has 0 aliphatic carbocycles. The predicted molar refractivity (Wildman–Crippen MR) is 137 cm³/mol. The number of hydrogen-bond acceptors (Lipinski definition) is 17. The molecule has 10 atom stereocenters. The SMILES string of the molecule is NC(=O)c1ccc[n+]([C@H]2O[C@@H](COP(=O)([O-])OP(=O)(O)OC[C@H]3O[C@@H](n4cnc5c(N)ncnc54)[C@H](O)[C@@H]3O)[C@H](O)[C@@H]2O)c1. The van der Waals surface area contributed by atoms with Crippen molar-refractivity contribution in [2.24, 2.45) is 5.73 Å². The van der Waals surface area contributed by atoms with Crippen molar-refractivity contribution >= 4 is 38.5 Å².